The number of carbonyl (C=O) groups excluding carboxylic acids is 1. The molecule has 0 spiro atoms. The van der Waals surface area contributed by atoms with Crippen LogP contribution in [0.5, 0.6) is 5.75 Å². The Hall–Kier alpha value is -3.25. The number of benzene rings is 2. The molecule has 2 atom stereocenters. The Morgan fingerprint density at radius 2 is 2.06 bits per heavy atom. The summed E-state index contributed by atoms with van der Waals surface area (Å²) in [5, 5.41) is 17.8. The largest absolute Gasteiger partial charge is 0.496 e. The van der Waals surface area contributed by atoms with Crippen LogP contribution in [0.3, 0.4) is 0 Å². The number of rotatable bonds is 6. The van der Waals surface area contributed by atoms with Crippen molar-refractivity contribution in [3.63, 3.8) is 0 Å². The van der Waals surface area contributed by atoms with Gasteiger partial charge in [-0.3, -0.25) is 4.79 Å². The molecule has 2 aromatic carbocycles. The zero-order valence-electron chi connectivity index (χ0n) is 19.1. The molecule has 5 rings (SSSR count). The number of H-pyrrole nitrogens is 1. The van der Waals surface area contributed by atoms with Crippen LogP contribution in [-0.4, -0.2) is 69.0 Å². The Balaban J connectivity index is 1.49. The van der Waals surface area contributed by atoms with Gasteiger partial charge in [-0.15, -0.1) is 0 Å². The molecular formula is C24H26N4O6S. The highest BCUT2D eigenvalue weighted by Gasteiger charge is 2.31. The standard InChI is InChI=1S/C24H26N4O6S/c1-33-21-11-17(35(31,32)23-12-25-6-7-34-23)3-4-18(21)20-9-15-8-14(2-5-19(15)26-20)24-16(13-29)10-22(30)27-28-24/h2-5,8-9,11,16,23,25-26,29H,6-7,10,12-13H2,1H3,(H,27,30). The van der Waals surface area contributed by atoms with E-state index in [0.29, 0.717) is 30.2 Å². The molecule has 4 N–H and O–H groups in total. The minimum atomic E-state index is -3.69. The fraction of sp³-hybridized carbons (Fsp3) is 0.333. The number of aromatic nitrogens is 1. The first-order valence-corrected chi connectivity index (χ1v) is 12.8. The van der Waals surface area contributed by atoms with Crippen molar-refractivity contribution in [3.05, 3.63) is 48.0 Å². The summed E-state index contributed by atoms with van der Waals surface area (Å²) >= 11 is 0. The lowest BCUT2D eigenvalue weighted by Crippen LogP contribution is -2.43. The molecule has 35 heavy (non-hydrogen) atoms. The quantitative estimate of drug-likeness (QED) is 0.402. The average molecular weight is 499 g/mol. The van der Waals surface area contributed by atoms with Crippen LogP contribution in [0.2, 0.25) is 0 Å². The molecule has 0 saturated carbocycles. The molecule has 0 aliphatic carbocycles. The van der Waals surface area contributed by atoms with Crippen LogP contribution in [0.1, 0.15) is 12.0 Å². The van der Waals surface area contributed by atoms with Crippen LogP contribution in [0, 0.1) is 5.92 Å². The Morgan fingerprint density at radius 3 is 2.80 bits per heavy atom. The summed E-state index contributed by atoms with van der Waals surface area (Å²) < 4.78 is 37.1. The average Bonchev–Trinajstić information content (AvgIpc) is 3.32. The molecule has 0 radical (unpaired) electrons. The molecule has 1 aromatic heterocycles. The number of aliphatic hydroxyl groups is 1. The van der Waals surface area contributed by atoms with Gasteiger partial charge in [0.2, 0.25) is 15.7 Å². The number of hydrogen-bond acceptors (Lipinski definition) is 8. The minimum Gasteiger partial charge on any atom is -0.496 e. The van der Waals surface area contributed by atoms with Gasteiger partial charge in [0, 0.05) is 41.9 Å². The lowest BCUT2D eigenvalue weighted by Gasteiger charge is -2.23. The van der Waals surface area contributed by atoms with Crippen molar-refractivity contribution in [2.75, 3.05) is 33.4 Å². The van der Waals surface area contributed by atoms with E-state index in [0.717, 1.165) is 22.2 Å². The van der Waals surface area contributed by atoms with E-state index in [4.69, 9.17) is 9.47 Å². The maximum Gasteiger partial charge on any atom is 0.240 e. The van der Waals surface area contributed by atoms with Gasteiger partial charge in [-0.2, -0.15) is 5.10 Å². The Labute approximate surface area is 202 Å². The minimum absolute atomic E-state index is 0.137. The van der Waals surface area contributed by atoms with Gasteiger partial charge in [-0.1, -0.05) is 6.07 Å². The summed E-state index contributed by atoms with van der Waals surface area (Å²) in [6, 6.07) is 12.5. The number of sulfone groups is 1. The lowest BCUT2D eigenvalue weighted by atomic mass is 9.92. The molecular weight excluding hydrogens is 472 g/mol. The zero-order valence-corrected chi connectivity index (χ0v) is 19.9. The topological polar surface area (TPSA) is 142 Å². The third kappa shape index (κ3) is 4.43. The first-order valence-electron chi connectivity index (χ1n) is 11.3. The Bertz CT molecular complexity index is 1410. The number of nitrogens with zero attached hydrogens (tertiary/aromatic N) is 1. The van der Waals surface area contributed by atoms with Crippen LogP contribution in [0.25, 0.3) is 22.2 Å². The number of morpholine rings is 1. The number of carbonyl (C=O) groups is 1. The van der Waals surface area contributed by atoms with E-state index < -0.39 is 15.3 Å². The maximum absolute atomic E-state index is 13.0. The number of nitrogens with one attached hydrogen (secondary N) is 3. The summed E-state index contributed by atoms with van der Waals surface area (Å²) in [6.45, 7) is 1.03. The van der Waals surface area contributed by atoms with E-state index in [1.54, 1.807) is 12.1 Å². The van der Waals surface area contributed by atoms with E-state index in [2.05, 4.69) is 20.8 Å². The van der Waals surface area contributed by atoms with Gasteiger partial charge in [0.25, 0.3) is 0 Å². The lowest BCUT2D eigenvalue weighted by molar-refractivity contribution is -0.122. The number of ether oxygens (including phenoxy) is 2. The fourth-order valence-electron chi connectivity index (χ4n) is 4.43. The molecule has 184 valence electrons. The molecule has 0 bridgehead atoms. The molecule has 1 saturated heterocycles. The number of amides is 1. The number of hydrazone groups is 1. The second-order valence-electron chi connectivity index (χ2n) is 8.51. The highest BCUT2D eigenvalue weighted by atomic mass is 32.2. The molecule has 3 aromatic rings. The molecule has 10 nitrogen and oxygen atoms in total. The van der Waals surface area contributed by atoms with Gasteiger partial charge in [-0.25, -0.2) is 13.8 Å². The van der Waals surface area contributed by atoms with Crippen LogP contribution in [0.4, 0.5) is 0 Å². The second-order valence-corrected chi connectivity index (χ2v) is 10.6. The summed E-state index contributed by atoms with van der Waals surface area (Å²) in [7, 11) is -2.19. The van der Waals surface area contributed by atoms with Crippen molar-refractivity contribution < 1.29 is 27.8 Å². The third-order valence-electron chi connectivity index (χ3n) is 6.29. The third-order valence-corrected chi connectivity index (χ3v) is 8.19. The summed E-state index contributed by atoms with van der Waals surface area (Å²) in [4.78, 5) is 15.1. The van der Waals surface area contributed by atoms with E-state index in [9.17, 15) is 18.3 Å². The number of aliphatic hydroxyl groups excluding tert-OH is 1. The number of methoxy groups -OCH3 is 1. The fourth-order valence-corrected chi connectivity index (χ4v) is 5.88. The Kier molecular flexibility index (Phi) is 6.32. The van der Waals surface area contributed by atoms with Gasteiger partial charge in [0.1, 0.15) is 5.75 Å². The molecule has 3 heterocycles. The van der Waals surface area contributed by atoms with Crippen LogP contribution < -0.4 is 15.5 Å². The van der Waals surface area contributed by atoms with Crippen molar-refractivity contribution in [1.82, 2.24) is 15.7 Å². The number of fused-ring (bicyclic) bond motifs is 1. The van der Waals surface area contributed by atoms with Crippen LogP contribution in [-0.2, 0) is 19.4 Å². The van der Waals surface area contributed by atoms with Crippen molar-refractivity contribution >= 4 is 32.4 Å². The maximum atomic E-state index is 13.0. The highest BCUT2D eigenvalue weighted by Crippen LogP contribution is 2.35. The predicted octanol–water partition coefficient (Wildman–Crippen LogP) is 1.40. The molecule has 1 fully saturated rings. The number of aromatic amines is 1. The van der Waals surface area contributed by atoms with Gasteiger partial charge < -0.3 is 24.9 Å². The molecule has 2 aliphatic heterocycles. The first-order chi connectivity index (χ1) is 16.9. The summed E-state index contributed by atoms with van der Waals surface area (Å²) in [5.41, 5.74) is 5.31. The molecule has 2 unspecified atom stereocenters. The van der Waals surface area contributed by atoms with E-state index in [1.165, 1.54) is 13.2 Å². The van der Waals surface area contributed by atoms with Gasteiger partial charge in [0.15, 0.2) is 5.44 Å². The summed E-state index contributed by atoms with van der Waals surface area (Å²) in [6.07, 6.45) is 0.181. The van der Waals surface area contributed by atoms with Crippen molar-refractivity contribution in [2.24, 2.45) is 11.0 Å². The Morgan fingerprint density at radius 1 is 1.20 bits per heavy atom. The van der Waals surface area contributed by atoms with Crippen LogP contribution >= 0.6 is 0 Å². The van der Waals surface area contributed by atoms with Gasteiger partial charge >= 0.3 is 0 Å². The first kappa shape index (κ1) is 23.5. The smallest absolute Gasteiger partial charge is 0.240 e. The highest BCUT2D eigenvalue weighted by molar-refractivity contribution is 7.92. The van der Waals surface area contributed by atoms with Crippen molar-refractivity contribution in [2.45, 2.75) is 16.8 Å². The SMILES string of the molecule is COc1cc(S(=O)(=O)C2CNCCO2)ccc1-c1cc2cc(C3=NNC(=O)CC3CO)ccc2[nH]1. The zero-order chi connectivity index (χ0) is 24.6. The van der Waals surface area contributed by atoms with E-state index in [1.807, 2.05) is 24.3 Å². The second kappa shape index (κ2) is 9.42. The number of hydrogen-bond donors (Lipinski definition) is 4. The van der Waals surface area contributed by atoms with E-state index >= 15 is 0 Å². The van der Waals surface area contributed by atoms with E-state index in [-0.39, 0.29) is 36.3 Å². The summed E-state index contributed by atoms with van der Waals surface area (Å²) in [5.74, 6) is -0.166. The van der Waals surface area contributed by atoms with Crippen LogP contribution in [0.15, 0.2) is 52.5 Å². The van der Waals surface area contributed by atoms with Gasteiger partial charge in [0.05, 0.1) is 36.6 Å². The molecule has 11 heteroatoms. The normalized spacial score (nSPS) is 21.0. The molecule has 2 aliphatic rings. The van der Waals surface area contributed by atoms with Gasteiger partial charge in [-0.05, 0) is 42.0 Å². The monoisotopic (exact) mass is 498 g/mol. The molecule has 1 amide bonds. The van der Waals surface area contributed by atoms with Crippen molar-refractivity contribution in [1.29, 1.82) is 0 Å². The van der Waals surface area contributed by atoms with Crippen molar-refractivity contribution in [3.8, 4) is 17.0 Å². The predicted molar refractivity (Wildman–Crippen MR) is 130 cm³/mol.